The lowest BCUT2D eigenvalue weighted by Gasteiger charge is -2.09. The first-order valence-electron chi connectivity index (χ1n) is 4.40. The predicted molar refractivity (Wildman–Crippen MR) is 55.8 cm³/mol. The Bertz CT molecular complexity index is 321. The molecule has 13 heavy (non-hydrogen) atoms. The minimum absolute atomic E-state index is 0.0825. The molecule has 1 aromatic carbocycles. The molecule has 1 rings (SSSR count). The van der Waals surface area contributed by atoms with Crippen LogP contribution in [0.5, 0.6) is 5.75 Å². The molecular formula is C10H13BO2. The summed E-state index contributed by atoms with van der Waals surface area (Å²) in [5.74, 6) is 0.884. The first-order valence-corrected chi connectivity index (χ1v) is 4.40. The van der Waals surface area contributed by atoms with Crippen LogP contribution >= 0.6 is 0 Å². The van der Waals surface area contributed by atoms with Crippen LogP contribution in [-0.2, 0) is 0 Å². The molecule has 0 saturated heterocycles. The Morgan fingerprint density at radius 3 is 2.77 bits per heavy atom. The second-order valence-electron chi connectivity index (χ2n) is 2.92. The standard InChI is InChI=1S/C10H13BO2/c1-3-13-9-6-4-5-8(7(2)12)10(9)11/h4-6H,3,11H2,1-2H3. The van der Waals surface area contributed by atoms with Gasteiger partial charge in [-0.15, -0.1) is 0 Å². The summed E-state index contributed by atoms with van der Waals surface area (Å²) >= 11 is 0. The fraction of sp³-hybridized carbons (Fsp3) is 0.300. The number of carbonyl (C=O) groups excluding carboxylic acids is 1. The molecule has 0 radical (unpaired) electrons. The highest BCUT2D eigenvalue weighted by atomic mass is 16.5. The molecule has 0 saturated carbocycles. The third-order valence-electron chi connectivity index (χ3n) is 1.96. The van der Waals surface area contributed by atoms with Gasteiger partial charge >= 0.3 is 0 Å². The number of hydrogen-bond donors (Lipinski definition) is 0. The summed E-state index contributed by atoms with van der Waals surface area (Å²) in [6.45, 7) is 4.13. The highest BCUT2D eigenvalue weighted by Gasteiger charge is 2.07. The van der Waals surface area contributed by atoms with Crippen molar-refractivity contribution in [1.82, 2.24) is 0 Å². The first-order chi connectivity index (χ1) is 6.16. The van der Waals surface area contributed by atoms with Crippen molar-refractivity contribution in [2.75, 3.05) is 6.61 Å². The van der Waals surface area contributed by atoms with E-state index >= 15 is 0 Å². The summed E-state index contributed by atoms with van der Waals surface area (Å²) < 4.78 is 5.38. The number of hydrogen-bond acceptors (Lipinski definition) is 2. The van der Waals surface area contributed by atoms with Gasteiger partial charge in [-0.1, -0.05) is 12.1 Å². The summed E-state index contributed by atoms with van der Waals surface area (Å²) in [5, 5.41) is 0. The molecule has 0 aliphatic carbocycles. The zero-order chi connectivity index (χ0) is 9.84. The van der Waals surface area contributed by atoms with E-state index in [9.17, 15) is 4.79 Å². The van der Waals surface area contributed by atoms with Crippen molar-refractivity contribution < 1.29 is 9.53 Å². The Morgan fingerprint density at radius 2 is 2.23 bits per heavy atom. The summed E-state index contributed by atoms with van der Waals surface area (Å²) in [4.78, 5) is 11.2. The van der Waals surface area contributed by atoms with Crippen LogP contribution in [0, 0.1) is 0 Å². The van der Waals surface area contributed by atoms with Gasteiger partial charge in [0.05, 0.1) is 6.61 Å². The van der Waals surface area contributed by atoms with E-state index in [1.807, 2.05) is 33.0 Å². The molecule has 0 spiro atoms. The normalized spacial score (nSPS) is 9.69. The van der Waals surface area contributed by atoms with E-state index in [4.69, 9.17) is 4.74 Å². The zero-order valence-corrected chi connectivity index (χ0v) is 8.26. The van der Waals surface area contributed by atoms with Crippen molar-refractivity contribution in [3.8, 4) is 5.75 Å². The molecule has 0 N–H and O–H groups in total. The quantitative estimate of drug-likeness (QED) is 0.496. The second kappa shape index (κ2) is 4.12. The topological polar surface area (TPSA) is 26.3 Å². The van der Waals surface area contributed by atoms with Gasteiger partial charge in [0.2, 0.25) is 0 Å². The summed E-state index contributed by atoms with van der Waals surface area (Å²) in [6.07, 6.45) is 0. The van der Waals surface area contributed by atoms with Crippen LogP contribution in [0.4, 0.5) is 0 Å². The van der Waals surface area contributed by atoms with Gasteiger partial charge in [0, 0.05) is 5.56 Å². The predicted octanol–water partition coefficient (Wildman–Crippen LogP) is 0.546. The highest BCUT2D eigenvalue weighted by Crippen LogP contribution is 2.09. The average molecular weight is 176 g/mol. The number of Topliss-reactive ketones (excluding diaryl/α,β-unsaturated/α-hetero) is 1. The van der Waals surface area contributed by atoms with Crippen molar-refractivity contribution in [3.05, 3.63) is 23.8 Å². The summed E-state index contributed by atoms with van der Waals surface area (Å²) in [5.41, 5.74) is 1.67. The monoisotopic (exact) mass is 176 g/mol. The molecule has 0 bridgehead atoms. The smallest absolute Gasteiger partial charge is 0.159 e. The second-order valence-corrected chi connectivity index (χ2v) is 2.92. The molecular weight excluding hydrogens is 163 g/mol. The van der Waals surface area contributed by atoms with E-state index in [1.54, 1.807) is 6.92 Å². The molecule has 68 valence electrons. The Labute approximate surface area is 79.3 Å². The van der Waals surface area contributed by atoms with Crippen molar-refractivity contribution in [3.63, 3.8) is 0 Å². The minimum Gasteiger partial charge on any atom is -0.494 e. The number of rotatable bonds is 3. The van der Waals surface area contributed by atoms with Gasteiger partial charge in [-0.25, -0.2) is 0 Å². The maximum Gasteiger partial charge on any atom is 0.159 e. The van der Waals surface area contributed by atoms with Gasteiger partial charge in [0.25, 0.3) is 0 Å². The van der Waals surface area contributed by atoms with E-state index in [0.717, 1.165) is 16.8 Å². The third-order valence-corrected chi connectivity index (χ3v) is 1.96. The maximum absolute atomic E-state index is 11.2. The molecule has 2 nitrogen and oxygen atoms in total. The van der Waals surface area contributed by atoms with Gasteiger partial charge in [0.1, 0.15) is 13.6 Å². The summed E-state index contributed by atoms with van der Waals surface area (Å²) in [7, 11) is 1.90. The molecule has 0 atom stereocenters. The van der Waals surface area contributed by atoms with E-state index < -0.39 is 0 Å². The van der Waals surface area contributed by atoms with Crippen LogP contribution < -0.4 is 10.2 Å². The van der Waals surface area contributed by atoms with Gasteiger partial charge in [0.15, 0.2) is 5.78 Å². The lowest BCUT2D eigenvalue weighted by Crippen LogP contribution is -2.17. The fourth-order valence-corrected chi connectivity index (χ4v) is 1.31. The van der Waals surface area contributed by atoms with E-state index in [2.05, 4.69) is 0 Å². The van der Waals surface area contributed by atoms with Gasteiger partial charge < -0.3 is 4.74 Å². The first kappa shape index (κ1) is 9.84. The molecule has 0 amide bonds. The molecule has 3 heteroatoms. The van der Waals surface area contributed by atoms with Crippen LogP contribution in [0.1, 0.15) is 24.2 Å². The molecule has 1 aromatic rings. The SMILES string of the molecule is Bc1c(OCC)cccc1C(C)=O. The largest absolute Gasteiger partial charge is 0.494 e. The van der Waals surface area contributed by atoms with Gasteiger partial charge in [-0.05, 0) is 25.4 Å². The molecule has 0 fully saturated rings. The molecule has 0 heterocycles. The van der Waals surface area contributed by atoms with Crippen LogP contribution in [0.15, 0.2) is 18.2 Å². The zero-order valence-electron chi connectivity index (χ0n) is 8.26. The van der Waals surface area contributed by atoms with E-state index in [1.165, 1.54) is 0 Å². The maximum atomic E-state index is 11.2. The number of ketones is 1. The van der Waals surface area contributed by atoms with Crippen molar-refractivity contribution in [2.45, 2.75) is 13.8 Å². The molecule has 0 aliphatic heterocycles. The molecule has 0 aromatic heterocycles. The Morgan fingerprint density at radius 1 is 1.54 bits per heavy atom. The fourth-order valence-electron chi connectivity index (χ4n) is 1.31. The Hall–Kier alpha value is -1.25. The Kier molecular flexibility index (Phi) is 3.12. The molecule has 0 unspecified atom stereocenters. The van der Waals surface area contributed by atoms with Crippen molar-refractivity contribution in [1.29, 1.82) is 0 Å². The van der Waals surface area contributed by atoms with E-state index in [0.29, 0.717) is 6.61 Å². The van der Waals surface area contributed by atoms with Crippen LogP contribution in [0.25, 0.3) is 0 Å². The number of ether oxygens (including phenoxy) is 1. The van der Waals surface area contributed by atoms with Crippen molar-refractivity contribution in [2.24, 2.45) is 0 Å². The van der Waals surface area contributed by atoms with Gasteiger partial charge in [-0.3, -0.25) is 4.79 Å². The van der Waals surface area contributed by atoms with E-state index in [-0.39, 0.29) is 5.78 Å². The molecule has 0 aliphatic rings. The number of carbonyl (C=O) groups is 1. The minimum atomic E-state index is 0.0825. The lowest BCUT2D eigenvalue weighted by atomic mass is 9.88. The van der Waals surface area contributed by atoms with Crippen LogP contribution in [0.3, 0.4) is 0 Å². The summed E-state index contributed by atoms with van der Waals surface area (Å²) in [6, 6.07) is 5.54. The number of benzene rings is 1. The third kappa shape index (κ3) is 2.11. The lowest BCUT2D eigenvalue weighted by molar-refractivity contribution is 0.101. The van der Waals surface area contributed by atoms with Crippen LogP contribution in [-0.4, -0.2) is 20.2 Å². The van der Waals surface area contributed by atoms with Crippen LogP contribution in [0.2, 0.25) is 0 Å². The average Bonchev–Trinajstić information content (AvgIpc) is 2.08. The van der Waals surface area contributed by atoms with Gasteiger partial charge in [-0.2, -0.15) is 0 Å². The van der Waals surface area contributed by atoms with Crippen molar-refractivity contribution >= 4 is 19.1 Å². The Balaban J connectivity index is 3.10. The highest BCUT2D eigenvalue weighted by molar-refractivity contribution is 6.38.